The Labute approximate surface area is 106 Å². The number of pyridine rings is 1. The topological polar surface area (TPSA) is 62.7 Å². The first-order valence-electron chi connectivity index (χ1n) is 6.19. The van der Waals surface area contributed by atoms with E-state index in [1.807, 2.05) is 6.92 Å². The fraction of sp³-hybridized carbons (Fsp3) is 0.538. The first kappa shape index (κ1) is 12.8. The maximum absolute atomic E-state index is 12.0. The van der Waals surface area contributed by atoms with Gasteiger partial charge in [-0.2, -0.15) is 0 Å². The Kier molecular flexibility index (Phi) is 4.15. The number of amides is 1. The van der Waals surface area contributed by atoms with Crippen molar-refractivity contribution in [3.8, 4) is 5.75 Å². The number of nitrogens with zero attached hydrogens (tertiary/aromatic N) is 2. The van der Waals surface area contributed by atoms with E-state index >= 15 is 0 Å². The predicted octanol–water partition coefficient (Wildman–Crippen LogP) is 0.832. The summed E-state index contributed by atoms with van der Waals surface area (Å²) in [7, 11) is 0. The number of carbonyl (C=O) groups excluding carboxylic acids is 1. The van der Waals surface area contributed by atoms with E-state index in [0.717, 1.165) is 12.8 Å². The molecule has 5 heteroatoms. The zero-order chi connectivity index (χ0) is 13.0. The Balaban J connectivity index is 1.88. The van der Waals surface area contributed by atoms with Crippen molar-refractivity contribution in [2.24, 2.45) is 0 Å². The molecule has 2 heterocycles. The van der Waals surface area contributed by atoms with E-state index in [1.165, 1.54) is 0 Å². The van der Waals surface area contributed by atoms with Gasteiger partial charge in [0.25, 0.3) is 5.91 Å². The molecule has 1 saturated heterocycles. The van der Waals surface area contributed by atoms with E-state index in [9.17, 15) is 9.90 Å². The van der Waals surface area contributed by atoms with Gasteiger partial charge < -0.3 is 14.7 Å². The molecule has 0 saturated carbocycles. The molecule has 5 nitrogen and oxygen atoms in total. The molecular weight excluding hydrogens is 232 g/mol. The van der Waals surface area contributed by atoms with Gasteiger partial charge in [0.05, 0.1) is 18.3 Å². The first-order valence-corrected chi connectivity index (χ1v) is 6.19. The monoisotopic (exact) mass is 250 g/mol. The number of rotatable bonds is 3. The second-order valence-electron chi connectivity index (χ2n) is 4.51. The summed E-state index contributed by atoms with van der Waals surface area (Å²) in [5.41, 5.74) is 0. The molecule has 2 rings (SSSR count). The van der Waals surface area contributed by atoms with Crippen LogP contribution < -0.4 is 4.74 Å². The minimum atomic E-state index is -0.430. The molecule has 0 radical (unpaired) electrons. The summed E-state index contributed by atoms with van der Waals surface area (Å²) >= 11 is 0. The van der Waals surface area contributed by atoms with Gasteiger partial charge in [-0.05, 0) is 31.9 Å². The van der Waals surface area contributed by atoms with E-state index in [0.29, 0.717) is 12.3 Å². The molecule has 98 valence electrons. The molecule has 0 bridgehead atoms. The van der Waals surface area contributed by atoms with Gasteiger partial charge in [0.15, 0.2) is 6.61 Å². The first-order chi connectivity index (χ1) is 8.68. The third-order valence-corrected chi connectivity index (χ3v) is 3.26. The Morgan fingerprint density at radius 3 is 3.22 bits per heavy atom. The van der Waals surface area contributed by atoms with Crippen molar-refractivity contribution in [2.75, 3.05) is 13.2 Å². The molecule has 2 atom stereocenters. The number of aromatic nitrogens is 1. The quantitative estimate of drug-likeness (QED) is 0.863. The number of aliphatic hydroxyl groups excluding tert-OH is 1. The molecule has 0 spiro atoms. The lowest BCUT2D eigenvalue weighted by atomic mass is 10.0. The van der Waals surface area contributed by atoms with Gasteiger partial charge in [0.1, 0.15) is 5.75 Å². The van der Waals surface area contributed by atoms with Gasteiger partial charge >= 0.3 is 0 Å². The Bertz CT molecular complexity index is 396. The normalized spacial score (nSPS) is 23.8. The number of hydrogen-bond donors (Lipinski definition) is 1. The molecule has 1 fully saturated rings. The molecular formula is C13H18N2O3. The standard InChI is InChI=1S/C13H18N2O3/c1-10-12(16)5-3-7-15(10)13(17)9-18-11-4-2-6-14-8-11/h2,4,6,8,10,12,16H,3,5,7,9H2,1H3/t10-,12-/m1/s1. The molecule has 1 aromatic rings. The third kappa shape index (κ3) is 2.98. The summed E-state index contributed by atoms with van der Waals surface area (Å²) in [5.74, 6) is 0.487. The lowest BCUT2D eigenvalue weighted by Gasteiger charge is -2.36. The van der Waals surface area contributed by atoms with Gasteiger partial charge in [-0.3, -0.25) is 9.78 Å². The predicted molar refractivity (Wildman–Crippen MR) is 66.1 cm³/mol. The van der Waals surface area contributed by atoms with E-state index in [1.54, 1.807) is 29.4 Å². The zero-order valence-electron chi connectivity index (χ0n) is 10.5. The zero-order valence-corrected chi connectivity index (χ0v) is 10.5. The highest BCUT2D eigenvalue weighted by atomic mass is 16.5. The van der Waals surface area contributed by atoms with Crippen molar-refractivity contribution in [1.29, 1.82) is 0 Å². The van der Waals surface area contributed by atoms with Crippen LogP contribution in [-0.2, 0) is 4.79 Å². The van der Waals surface area contributed by atoms with Crippen molar-refractivity contribution < 1.29 is 14.6 Å². The molecule has 1 amide bonds. The maximum atomic E-state index is 12.0. The number of hydrogen-bond acceptors (Lipinski definition) is 4. The van der Waals surface area contributed by atoms with Crippen LogP contribution in [0.4, 0.5) is 0 Å². The van der Waals surface area contributed by atoms with Crippen LogP contribution in [0.25, 0.3) is 0 Å². The van der Waals surface area contributed by atoms with Crippen LogP contribution in [-0.4, -0.2) is 46.2 Å². The summed E-state index contributed by atoms with van der Waals surface area (Å²) in [4.78, 5) is 17.6. The van der Waals surface area contributed by atoms with Gasteiger partial charge in [0, 0.05) is 12.7 Å². The summed E-state index contributed by atoms with van der Waals surface area (Å²) in [5, 5.41) is 9.74. The Morgan fingerprint density at radius 1 is 1.67 bits per heavy atom. The molecule has 0 aromatic carbocycles. The van der Waals surface area contributed by atoms with E-state index < -0.39 is 6.10 Å². The Morgan fingerprint density at radius 2 is 2.50 bits per heavy atom. The minimum absolute atomic E-state index is 0.0112. The number of ether oxygens (including phenoxy) is 1. The van der Waals surface area contributed by atoms with Gasteiger partial charge in [0.2, 0.25) is 0 Å². The lowest BCUT2D eigenvalue weighted by molar-refractivity contribution is -0.140. The molecule has 1 N–H and O–H groups in total. The second kappa shape index (κ2) is 5.82. The van der Waals surface area contributed by atoms with Crippen molar-refractivity contribution in [1.82, 2.24) is 9.88 Å². The van der Waals surface area contributed by atoms with Crippen LogP contribution in [0, 0.1) is 0 Å². The minimum Gasteiger partial charge on any atom is -0.482 e. The van der Waals surface area contributed by atoms with Crippen LogP contribution >= 0.6 is 0 Å². The van der Waals surface area contributed by atoms with Crippen molar-refractivity contribution in [3.63, 3.8) is 0 Å². The average Bonchev–Trinajstić information content (AvgIpc) is 2.40. The van der Waals surface area contributed by atoms with Crippen LogP contribution in [0.3, 0.4) is 0 Å². The summed E-state index contributed by atoms with van der Waals surface area (Å²) in [6.45, 7) is 2.54. The van der Waals surface area contributed by atoms with Crippen molar-refractivity contribution in [2.45, 2.75) is 31.9 Å². The fourth-order valence-electron chi connectivity index (χ4n) is 2.14. The van der Waals surface area contributed by atoms with E-state index in [2.05, 4.69) is 4.98 Å². The van der Waals surface area contributed by atoms with E-state index in [4.69, 9.17) is 4.74 Å². The number of likely N-dealkylation sites (tertiary alicyclic amines) is 1. The van der Waals surface area contributed by atoms with E-state index in [-0.39, 0.29) is 18.6 Å². The Hall–Kier alpha value is -1.62. The lowest BCUT2D eigenvalue weighted by Crippen LogP contribution is -2.50. The highest BCUT2D eigenvalue weighted by Gasteiger charge is 2.29. The number of aliphatic hydroxyl groups is 1. The number of piperidine rings is 1. The molecule has 0 unspecified atom stereocenters. The van der Waals surface area contributed by atoms with Gasteiger partial charge in [-0.15, -0.1) is 0 Å². The summed E-state index contributed by atoms with van der Waals surface area (Å²) in [6, 6.07) is 3.38. The summed E-state index contributed by atoms with van der Waals surface area (Å²) in [6.07, 6.45) is 4.39. The molecule has 0 aliphatic carbocycles. The number of carbonyl (C=O) groups is 1. The van der Waals surface area contributed by atoms with Crippen LogP contribution in [0.15, 0.2) is 24.5 Å². The van der Waals surface area contributed by atoms with Crippen LogP contribution in [0.5, 0.6) is 5.75 Å². The third-order valence-electron chi connectivity index (χ3n) is 3.26. The average molecular weight is 250 g/mol. The molecule has 18 heavy (non-hydrogen) atoms. The smallest absolute Gasteiger partial charge is 0.260 e. The molecule has 1 aliphatic heterocycles. The fourth-order valence-corrected chi connectivity index (χ4v) is 2.14. The van der Waals surface area contributed by atoms with Gasteiger partial charge in [-0.1, -0.05) is 0 Å². The SMILES string of the molecule is C[C@@H]1[C@H](O)CCCN1C(=O)COc1cccnc1. The second-order valence-corrected chi connectivity index (χ2v) is 4.51. The molecule has 1 aromatic heterocycles. The summed E-state index contributed by atoms with van der Waals surface area (Å²) < 4.78 is 5.37. The highest BCUT2D eigenvalue weighted by molar-refractivity contribution is 5.78. The van der Waals surface area contributed by atoms with Crippen LogP contribution in [0.2, 0.25) is 0 Å². The highest BCUT2D eigenvalue weighted by Crippen LogP contribution is 2.17. The van der Waals surface area contributed by atoms with Crippen molar-refractivity contribution in [3.05, 3.63) is 24.5 Å². The van der Waals surface area contributed by atoms with Crippen molar-refractivity contribution >= 4 is 5.91 Å². The largest absolute Gasteiger partial charge is 0.482 e. The maximum Gasteiger partial charge on any atom is 0.260 e. The molecule has 1 aliphatic rings. The van der Waals surface area contributed by atoms with Crippen LogP contribution in [0.1, 0.15) is 19.8 Å². The van der Waals surface area contributed by atoms with Gasteiger partial charge in [-0.25, -0.2) is 0 Å².